The fourth-order valence-electron chi connectivity index (χ4n) is 4.45. The molecule has 1 N–H and O–H groups in total. The quantitative estimate of drug-likeness (QED) is 0.635. The van der Waals surface area contributed by atoms with Gasteiger partial charge in [0.15, 0.2) is 0 Å². The Labute approximate surface area is 174 Å². The Morgan fingerprint density at radius 1 is 1.28 bits per heavy atom. The summed E-state index contributed by atoms with van der Waals surface area (Å²) >= 11 is 6.31. The summed E-state index contributed by atoms with van der Waals surface area (Å²) in [6.45, 7) is 4.07. The maximum atomic E-state index is 14.9. The second-order valence-corrected chi connectivity index (χ2v) is 8.73. The zero-order chi connectivity index (χ0) is 20.8. The number of carbonyl (C=O) groups is 1. The van der Waals surface area contributed by atoms with Crippen LogP contribution in [0.15, 0.2) is 36.4 Å². The average molecular weight is 415 g/mol. The first kappa shape index (κ1) is 20.0. The van der Waals surface area contributed by atoms with Crippen molar-refractivity contribution in [2.45, 2.75) is 44.9 Å². The first-order chi connectivity index (χ1) is 13.9. The summed E-state index contributed by atoms with van der Waals surface area (Å²) in [5.74, 6) is -0.464. The van der Waals surface area contributed by atoms with Crippen LogP contribution in [0.2, 0.25) is 5.02 Å². The van der Waals surface area contributed by atoms with E-state index in [1.165, 1.54) is 10.7 Å². The third-order valence-corrected chi connectivity index (χ3v) is 6.64. The zero-order valence-electron chi connectivity index (χ0n) is 16.6. The van der Waals surface area contributed by atoms with Gasteiger partial charge in [-0.2, -0.15) is 9.78 Å². The molecule has 1 aromatic heterocycles. The van der Waals surface area contributed by atoms with E-state index in [2.05, 4.69) is 12.0 Å². The molecule has 1 aliphatic carbocycles. The largest absolute Gasteiger partial charge is 0.396 e. The normalized spacial score (nSPS) is 22.2. The Bertz CT molecular complexity index is 1060. The third kappa shape index (κ3) is 3.36. The number of benzene rings is 2. The molecule has 152 valence electrons. The Morgan fingerprint density at radius 3 is 2.62 bits per heavy atom. The van der Waals surface area contributed by atoms with Gasteiger partial charge in [-0.1, -0.05) is 36.7 Å². The maximum Gasteiger partial charge on any atom is 0.280 e. The van der Waals surface area contributed by atoms with Crippen LogP contribution in [-0.4, -0.2) is 27.4 Å². The van der Waals surface area contributed by atoms with Crippen molar-refractivity contribution in [1.29, 1.82) is 0 Å². The molecule has 1 aliphatic rings. The molecule has 29 heavy (non-hydrogen) atoms. The summed E-state index contributed by atoms with van der Waals surface area (Å²) in [6.07, 6.45) is 3.29. The summed E-state index contributed by atoms with van der Waals surface area (Å²) in [6, 6.07) is 10.0. The van der Waals surface area contributed by atoms with Crippen molar-refractivity contribution in [2.24, 2.45) is 5.92 Å². The van der Waals surface area contributed by atoms with Crippen LogP contribution in [0.25, 0.3) is 10.9 Å². The zero-order valence-corrected chi connectivity index (χ0v) is 17.3. The Balaban J connectivity index is 1.88. The number of aryl methyl sites for hydroxylation is 1. The third-order valence-electron chi connectivity index (χ3n) is 6.32. The van der Waals surface area contributed by atoms with Crippen molar-refractivity contribution in [3.8, 4) is 0 Å². The lowest BCUT2D eigenvalue weighted by Gasteiger charge is -2.35. The fraction of sp³-hybridized carbons (Fsp3) is 0.391. The van der Waals surface area contributed by atoms with Crippen LogP contribution < -0.4 is 0 Å². The minimum atomic E-state index is -0.377. The van der Waals surface area contributed by atoms with Gasteiger partial charge >= 0.3 is 0 Å². The molecule has 0 saturated heterocycles. The minimum absolute atomic E-state index is 0.171. The van der Waals surface area contributed by atoms with Crippen LogP contribution >= 0.6 is 11.6 Å². The molecular formula is C23H24ClFN2O2. The fourth-order valence-corrected chi connectivity index (χ4v) is 4.75. The molecule has 0 spiro atoms. The predicted molar refractivity (Wildman–Crippen MR) is 112 cm³/mol. The molecule has 0 bridgehead atoms. The molecule has 3 aromatic rings. The molecule has 0 atom stereocenters. The van der Waals surface area contributed by atoms with Gasteiger partial charge in [-0.15, -0.1) is 0 Å². The Morgan fingerprint density at radius 2 is 1.97 bits per heavy atom. The highest BCUT2D eigenvalue weighted by atomic mass is 35.5. The van der Waals surface area contributed by atoms with E-state index in [9.17, 15) is 14.3 Å². The summed E-state index contributed by atoms with van der Waals surface area (Å²) in [5.41, 5.74) is 1.84. The topological polar surface area (TPSA) is 55.1 Å². The van der Waals surface area contributed by atoms with Crippen LogP contribution in [0, 0.1) is 18.7 Å². The van der Waals surface area contributed by atoms with Crippen molar-refractivity contribution >= 4 is 28.4 Å². The van der Waals surface area contributed by atoms with Crippen molar-refractivity contribution in [3.63, 3.8) is 0 Å². The van der Waals surface area contributed by atoms with E-state index in [-0.39, 0.29) is 29.7 Å². The summed E-state index contributed by atoms with van der Waals surface area (Å²) in [4.78, 5) is 13.4. The van der Waals surface area contributed by atoms with Crippen LogP contribution in [0.3, 0.4) is 0 Å². The number of aliphatic hydroxyl groups excluding tert-OH is 1. The number of hydrogen-bond acceptors (Lipinski definition) is 3. The van der Waals surface area contributed by atoms with Gasteiger partial charge in [-0.3, -0.25) is 4.79 Å². The number of hydrogen-bond donors (Lipinski definition) is 1. The minimum Gasteiger partial charge on any atom is -0.396 e. The number of halogens is 2. The smallest absolute Gasteiger partial charge is 0.280 e. The lowest BCUT2D eigenvalue weighted by molar-refractivity contribution is 0.0948. The summed E-state index contributed by atoms with van der Waals surface area (Å²) in [5, 5.41) is 14.9. The second-order valence-electron chi connectivity index (χ2n) is 8.32. The number of aliphatic hydroxyl groups is 1. The molecule has 1 fully saturated rings. The maximum absolute atomic E-state index is 14.9. The number of nitrogens with zero attached hydrogens (tertiary/aromatic N) is 2. The van der Waals surface area contributed by atoms with Crippen molar-refractivity contribution < 1.29 is 14.3 Å². The van der Waals surface area contributed by atoms with E-state index in [0.29, 0.717) is 27.2 Å². The van der Waals surface area contributed by atoms with Gasteiger partial charge in [-0.25, -0.2) is 4.39 Å². The molecule has 0 aliphatic heterocycles. The molecular weight excluding hydrogens is 391 g/mol. The van der Waals surface area contributed by atoms with Crippen molar-refractivity contribution in [1.82, 2.24) is 9.78 Å². The number of rotatable bonds is 3. The molecule has 4 nitrogen and oxygen atoms in total. The van der Waals surface area contributed by atoms with E-state index in [0.717, 1.165) is 31.2 Å². The van der Waals surface area contributed by atoms with Crippen LogP contribution in [0.1, 0.15) is 54.2 Å². The Hall–Kier alpha value is -2.24. The second kappa shape index (κ2) is 7.54. The number of carbonyl (C=O) groups excluding carboxylic acids is 1. The molecule has 4 rings (SSSR count). The first-order valence-electron chi connectivity index (χ1n) is 9.94. The van der Waals surface area contributed by atoms with Gasteiger partial charge in [0.2, 0.25) is 0 Å². The van der Waals surface area contributed by atoms with Gasteiger partial charge in [0, 0.05) is 12.0 Å². The molecule has 6 heteroatoms. The molecule has 1 heterocycles. The summed E-state index contributed by atoms with van der Waals surface area (Å²) in [7, 11) is 0. The van der Waals surface area contributed by atoms with E-state index < -0.39 is 0 Å². The van der Waals surface area contributed by atoms with Crippen molar-refractivity contribution in [3.05, 3.63) is 64.1 Å². The van der Waals surface area contributed by atoms with Crippen LogP contribution in [0.5, 0.6) is 0 Å². The molecule has 1 saturated carbocycles. The highest BCUT2D eigenvalue weighted by Gasteiger charge is 2.37. The first-order valence-corrected chi connectivity index (χ1v) is 10.3. The monoisotopic (exact) mass is 414 g/mol. The molecule has 0 amide bonds. The van der Waals surface area contributed by atoms with Gasteiger partial charge in [-0.05, 0) is 62.3 Å². The molecule has 0 radical (unpaired) electrons. The molecule has 2 aromatic carbocycles. The highest BCUT2D eigenvalue weighted by Crippen LogP contribution is 2.43. The molecule has 0 unspecified atom stereocenters. The van der Waals surface area contributed by atoms with Gasteiger partial charge in [0.05, 0.1) is 27.2 Å². The van der Waals surface area contributed by atoms with E-state index in [1.54, 1.807) is 24.3 Å². The standard InChI is InChI=1S/C23H24ClFN2O2/c1-14-5-3-6-16(24)19(14)22(29)27-18-8-4-7-17(25)20(18)21(26-27)23(2)11-9-15(13-28)10-12-23/h3-8,15,28H,9-13H2,1-2H3. The van der Waals surface area contributed by atoms with Crippen molar-refractivity contribution in [2.75, 3.05) is 6.61 Å². The lowest BCUT2D eigenvalue weighted by atomic mass is 9.69. The number of aromatic nitrogens is 2. The highest BCUT2D eigenvalue weighted by molar-refractivity contribution is 6.34. The summed E-state index contributed by atoms with van der Waals surface area (Å²) < 4.78 is 16.2. The van der Waals surface area contributed by atoms with E-state index in [4.69, 9.17) is 11.6 Å². The van der Waals surface area contributed by atoms with E-state index in [1.807, 2.05) is 13.0 Å². The Kier molecular flexibility index (Phi) is 5.21. The van der Waals surface area contributed by atoms with Gasteiger partial charge in [0.25, 0.3) is 5.91 Å². The van der Waals surface area contributed by atoms with Gasteiger partial charge in [0.1, 0.15) is 5.82 Å². The van der Waals surface area contributed by atoms with E-state index >= 15 is 0 Å². The SMILES string of the molecule is Cc1cccc(Cl)c1C(=O)n1nc(C2(C)CCC(CO)CC2)c2c(F)cccc21. The lowest BCUT2D eigenvalue weighted by Crippen LogP contribution is -2.31. The van der Waals surface area contributed by atoms with Crippen LogP contribution in [0.4, 0.5) is 4.39 Å². The average Bonchev–Trinajstić information content (AvgIpc) is 3.10. The van der Waals surface area contributed by atoms with Crippen LogP contribution in [-0.2, 0) is 5.41 Å². The number of fused-ring (bicyclic) bond motifs is 1. The predicted octanol–water partition coefficient (Wildman–Crippen LogP) is 5.27. The van der Waals surface area contributed by atoms with Gasteiger partial charge < -0.3 is 5.11 Å².